The predicted molar refractivity (Wildman–Crippen MR) is 352 cm³/mol. The molecule has 1 unspecified atom stereocenters. The number of esters is 3. The van der Waals surface area contributed by atoms with Crippen molar-refractivity contribution < 1.29 is 28.6 Å². The van der Waals surface area contributed by atoms with E-state index in [4.69, 9.17) is 14.2 Å². The molecule has 6 heteroatoms. The van der Waals surface area contributed by atoms with E-state index in [2.05, 4.69) is 167 Å². The number of allylic oxidation sites excluding steroid dienone is 24. The molecule has 0 aliphatic heterocycles. The average Bonchev–Trinajstić information content (AvgIpc) is 3.47. The molecule has 0 aromatic rings. The van der Waals surface area contributed by atoms with Crippen molar-refractivity contribution in [2.24, 2.45) is 0 Å². The minimum absolute atomic E-state index is 0.104. The van der Waals surface area contributed by atoms with Crippen molar-refractivity contribution in [3.05, 3.63) is 146 Å². The van der Waals surface area contributed by atoms with Crippen molar-refractivity contribution in [2.75, 3.05) is 13.2 Å². The lowest BCUT2D eigenvalue weighted by atomic mass is 10.0. The highest BCUT2D eigenvalue weighted by atomic mass is 16.6. The number of unbranched alkanes of at least 4 members (excludes halogenated alkanes) is 24. The first-order valence-corrected chi connectivity index (χ1v) is 33.3. The van der Waals surface area contributed by atoms with Gasteiger partial charge < -0.3 is 14.2 Å². The van der Waals surface area contributed by atoms with Gasteiger partial charge >= 0.3 is 17.9 Å². The minimum Gasteiger partial charge on any atom is -0.462 e. The van der Waals surface area contributed by atoms with Crippen LogP contribution in [0.15, 0.2) is 146 Å². The second-order valence-electron chi connectivity index (χ2n) is 21.6. The van der Waals surface area contributed by atoms with E-state index in [1.54, 1.807) is 0 Å². The first-order valence-electron chi connectivity index (χ1n) is 33.3. The molecule has 6 nitrogen and oxygen atoms in total. The Morgan fingerprint density at radius 1 is 0.259 bits per heavy atom. The van der Waals surface area contributed by atoms with E-state index in [1.807, 2.05) is 0 Å². The zero-order chi connectivity index (χ0) is 58.5. The topological polar surface area (TPSA) is 78.9 Å². The van der Waals surface area contributed by atoms with Gasteiger partial charge in [0.25, 0.3) is 0 Å². The van der Waals surface area contributed by atoms with Crippen LogP contribution in [-0.4, -0.2) is 37.2 Å². The van der Waals surface area contributed by atoms with Crippen molar-refractivity contribution in [3.63, 3.8) is 0 Å². The van der Waals surface area contributed by atoms with Crippen molar-refractivity contribution in [1.29, 1.82) is 0 Å². The van der Waals surface area contributed by atoms with Crippen LogP contribution in [0.3, 0.4) is 0 Å². The van der Waals surface area contributed by atoms with E-state index in [0.717, 1.165) is 141 Å². The summed E-state index contributed by atoms with van der Waals surface area (Å²) >= 11 is 0. The third-order valence-electron chi connectivity index (χ3n) is 13.8. The summed E-state index contributed by atoms with van der Waals surface area (Å²) in [7, 11) is 0. The quantitative estimate of drug-likeness (QED) is 0.0261. The molecule has 0 N–H and O–H groups in total. The van der Waals surface area contributed by atoms with Crippen LogP contribution < -0.4 is 0 Å². The lowest BCUT2D eigenvalue weighted by Gasteiger charge is -2.18. The van der Waals surface area contributed by atoms with Gasteiger partial charge in [-0.05, 0) is 141 Å². The van der Waals surface area contributed by atoms with E-state index in [9.17, 15) is 14.4 Å². The highest BCUT2D eigenvalue weighted by molar-refractivity contribution is 5.71. The minimum atomic E-state index is -0.814. The Kier molecular flexibility index (Phi) is 63.9. The van der Waals surface area contributed by atoms with Crippen molar-refractivity contribution in [2.45, 2.75) is 297 Å². The highest BCUT2D eigenvalue weighted by Crippen LogP contribution is 2.16. The lowest BCUT2D eigenvalue weighted by Crippen LogP contribution is -2.30. The SMILES string of the molecule is CC/C=C\C/C=C\C/C=C\C/C=C\C/C=C\C/C=C\CCCCC(=O)OC(COC(=O)CCCCCCC/C=C\C/C=C\CCCCC)COC(=O)CCCCCCCCCCCCCCCC/C=C\C/C=C\C/C=C\C/C=C\CC. The molecule has 1 atom stereocenters. The Morgan fingerprint density at radius 3 is 0.778 bits per heavy atom. The molecular weight excluding hydrogens is 997 g/mol. The molecule has 0 saturated carbocycles. The van der Waals surface area contributed by atoms with Crippen LogP contribution in [0, 0.1) is 0 Å². The number of hydrogen-bond donors (Lipinski definition) is 0. The summed E-state index contributed by atoms with van der Waals surface area (Å²) in [4.78, 5) is 38.4. The smallest absolute Gasteiger partial charge is 0.306 e. The Hall–Kier alpha value is -4.71. The van der Waals surface area contributed by atoms with E-state index in [0.29, 0.717) is 19.3 Å². The van der Waals surface area contributed by atoms with E-state index >= 15 is 0 Å². The molecule has 0 saturated heterocycles. The molecule has 0 aromatic carbocycles. The molecule has 0 amide bonds. The largest absolute Gasteiger partial charge is 0.462 e. The molecule has 0 spiro atoms. The van der Waals surface area contributed by atoms with Crippen molar-refractivity contribution in [1.82, 2.24) is 0 Å². The Labute approximate surface area is 499 Å². The normalized spacial score (nSPS) is 13.1. The maximum absolute atomic E-state index is 12.9. The molecule has 0 bridgehead atoms. The summed E-state index contributed by atoms with van der Waals surface area (Å²) in [6.45, 7) is 6.35. The Morgan fingerprint density at radius 2 is 0.481 bits per heavy atom. The lowest BCUT2D eigenvalue weighted by molar-refractivity contribution is -0.167. The van der Waals surface area contributed by atoms with Gasteiger partial charge in [0.2, 0.25) is 0 Å². The predicted octanol–water partition coefficient (Wildman–Crippen LogP) is 23.1. The summed E-state index contributed by atoms with van der Waals surface area (Å²) in [5.74, 6) is -0.960. The molecule has 0 radical (unpaired) electrons. The summed E-state index contributed by atoms with van der Waals surface area (Å²) in [5, 5.41) is 0. The van der Waals surface area contributed by atoms with Crippen LogP contribution in [0.1, 0.15) is 290 Å². The Balaban J connectivity index is 4.42. The number of carbonyl (C=O) groups excluding carboxylic acids is 3. The molecule has 0 aliphatic rings. The molecule has 0 rings (SSSR count). The molecule has 0 heterocycles. The van der Waals surface area contributed by atoms with Gasteiger partial charge in [-0.2, -0.15) is 0 Å². The van der Waals surface area contributed by atoms with E-state index in [-0.39, 0.29) is 37.5 Å². The van der Waals surface area contributed by atoms with Gasteiger partial charge in [0.1, 0.15) is 13.2 Å². The first kappa shape index (κ1) is 76.3. The summed E-state index contributed by atoms with van der Waals surface area (Å²) in [6.07, 6.45) is 97.2. The molecule has 0 aromatic heterocycles. The zero-order valence-electron chi connectivity index (χ0n) is 52.5. The van der Waals surface area contributed by atoms with Gasteiger partial charge in [-0.15, -0.1) is 0 Å². The Bertz CT molecular complexity index is 1760. The standard InChI is InChI=1S/C75H122O6/c1-4-7-10-13-16-19-22-25-28-30-32-34-35-36-37-38-39-41-42-44-47-50-53-56-59-62-65-68-74(77)80-71-72(70-79-73(76)67-64-61-58-55-52-49-46-27-24-21-18-15-12-9-6-3)81-75(78)69-66-63-60-57-54-51-48-45-43-40-33-31-29-26-23-20-17-14-11-8-5-2/h7-8,10-11,16-21,25-29,32-34,40,45-46,48,54,57,72H,4-6,9,12-15,22-24,30-31,35-39,41-44,47,49-53,55-56,58-71H2,1-3H3/b10-7-,11-8-,19-16-,20-17-,21-18-,28-25-,29-26-,34-32-,40-33-,46-27-,48-45-,57-54-. The van der Waals surface area contributed by atoms with Crippen LogP contribution in [0.5, 0.6) is 0 Å². The third kappa shape index (κ3) is 66.0. The van der Waals surface area contributed by atoms with Crippen LogP contribution in [0.4, 0.5) is 0 Å². The molecule has 458 valence electrons. The summed E-state index contributed by atoms with van der Waals surface area (Å²) in [5.41, 5.74) is 0. The van der Waals surface area contributed by atoms with Gasteiger partial charge in [0.15, 0.2) is 6.10 Å². The van der Waals surface area contributed by atoms with Crippen molar-refractivity contribution >= 4 is 17.9 Å². The highest BCUT2D eigenvalue weighted by Gasteiger charge is 2.19. The van der Waals surface area contributed by atoms with E-state index in [1.165, 1.54) is 103 Å². The van der Waals surface area contributed by atoms with Crippen LogP contribution in [0.25, 0.3) is 0 Å². The van der Waals surface area contributed by atoms with E-state index < -0.39 is 6.10 Å². The number of hydrogen-bond acceptors (Lipinski definition) is 6. The van der Waals surface area contributed by atoms with Crippen molar-refractivity contribution in [3.8, 4) is 0 Å². The number of carbonyl (C=O) groups is 3. The number of rotatable bonds is 59. The maximum Gasteiger partial charge on any atom is 0.306 e. The van der Waals surface area contributed by atoms with Crippen LogP contribution in [-0.2, 0) is 28.6 Å². The van der Waals surface area contributed by atoms with Crippen LogP contribution in [0.2, 0.25) is 0 Å². The van der Waals surface area contributed by atoms with Gasteiger partial charge in [0, 0.05) is 19.3 Å². The first-order chi connectivity index (χ1) is 40.0. The fraction of sp³-hybridized carbons (Fsp3) is 0.640. The third-order valence-corrected chi connectivity index (χ3v) is 13.8. The van der Waals surface area contributed by atoms with Gasteiger partial charge in [-0.25, -0.2) is 0 Å². The molecule has 0 fully saturated rings. The second kappa shape index (κ2) is 67.8. The second-order valence-corrected chi connectivity index (χ2v) is 21.6. The molecule has 0 aliphatic carbocycles. The van der Waals surface area contributed by atoms with Crippen LogP contribution >= 0.6 is 0 Å². The summed E-state index contributed by atoms with van der Waals surface area (Å²) < 4.78 is 16.9. The van der Waals surface area contributed by atoms with Gasteiger partial charge in [0.05, 0.1) is 0 Å². The zero-order valence-corrected chi connectivity index (χ0v) is 52.5. The maximum atomic E-state index is 12.9. The average molecular weight is 1120 g/mol. The fourth-order valence-electron chi connectivity index (χ4n) is 8.88. The van der Waals surface area contributed by atoms with Gasteiger partial charge in [-0.3, -0.25) is 14.4 Å². The fourth-order valence-corrected chi connectivity index (χ4v) is 8.88. The summed E-state index contributed by atoms with van der Waals surface area (Å²) in [6, 6.07) is 0. The molecular formula is C75H122O6. The van der Waals surface area contributed by atoms with Gasteiger partial charge in [-0.1, -0.05) is 276 Å². The molecule has 81 heavy (non-hydrogen) atoms. The monoisotopic (exact) mass is 1120 g/mol. The number of ether oxygens (including phenoxy) is 3.